The quantitative estimate of drug-likeness (QED) is 0.456. The van der Waals surface area contributed by atoms with Crippen molar-refractivity contribution in [3.63, 3.8) is 0 Å². The van der Waals surface area contributed by atoms with E-state index >= 15 is 0 Å². The molecule has 1 aromatic heterocycles. The summed E-state index contributed by atoms with van der Waals surface area (Å²) in [5.74, 6) is -0.0771. The number of rotatable bonds is 5. The molecule has 0 saturated carbocycles. The van der Waals surface area contributed by atoms with Gasteiger partial charge >= 0.3 is 0 Å². The van der Waals surface area contributed by atoms with Crippen molar-refractivity contribution in [3.8, 4) is 0 Å². The number of benzene rings is 1. The van der Waals surface area contributed by atoms with Gasteiger partial charge in [0.2, 0.25) is 0 Å². The van der Waals surface area contributed by atoms with E-state index in [1.54, 1.807) is 6.08 Å². The first-order valence-corrected chi connectivity index (χ1v) is 6.77. The molecular formula is C15H14O2S. The summed E-state index contributed by atoms with van der Waals surface area (Å²) >= 11 is 1.38. The van der Waals surface area contributed by atoms with Crippen LogP contribution in [-0.2, 0) is 0 Å². The van der Waals surface area contributed by atoms with Crippen molar-refractivity contribution in [1.29, 1.82) is 0 Å². The number of carbonyl (C=O) groups is 2. The summed E-state index contributed by atoms with van der Waals surface area (Å²) in [5, 5.41) is 0.866. The zero-order valence-electron chi connectivity index (χ0n) is 10.2. The second-order valence-electron chi connectivity index (χ2n) is 4.01. The lowest BCUT2D eigenvalue weighted by atomic mass is 10.1. The van der Waals surface area contributed by atoms with E-state index in [9.17, 15) is 9.59 Å². The number of hydrogen-bond acceptors (Lipinski definition) is 3. The van der Waals surface area contributed by atoms with Crippen molar-refractivity contribution < 1.29 is 9.59 Å². The summed E-state index contributed by atoms with van der Waals surface area (Å²) in [7, 11) is 0. The van der Waals surface area contributed by atoms with Crippen molar-refractivity contribution in [2.24, 2.45) is 0 Å². The molecule has 0 bridgehead atoms. The Hall–Kier alpha value is -1.74. The Bertz CT molecular complexity index is 608. The van der Waals surface area contributed by atoms with E-state index in [4.69, 9.17) is 0 Å². The summed E-state index contributed by atoms with van der Waals surface area (Å²) in [5.41, 5.74) is 0.516. The fraction of sp³-hybridized carbons (Fsp3) is 0.200. The number of allylic oxidation sites excluding steroid dienone is 2. The van der Waals surface area contributed by atoms with Crippen LogP contribution in [0.15, 0.2) is 36.4 Å². The van der Waals surface area contributed by atoms with E-state index < -0.39 is 0 Å². The molecule has 0 aliphatic heterocycles. The van der Waals surface area contributed by atoms with E-state index in [0.29, 0.717) is 10.4 Å². The minimum Gasteiger partial charge on any atom is -0.298 e. The molecule has 2 nitrogen and oxygen atoms in total. The first kappa shape index (κ1) is 12.7. The van der Waals surface area contributed by atoms with Crippen LogP contribution in [0.5, 0.6) is 0 Å². The van der Waals surface area contributed by atoms with Gasteiger partial charge < -0.3 is 0 Å². The molecule has 0 spiro atoms. The molecule has 2 aromatic rings. The van der Waals surface area contributed by atoms with Crippen LogP contribution in [0.1, 0.15) is 39.8 Å². The van der Waals surface area contributed by atoms with Crippen LogP contribution >= 0.6 is 11.3 Å². The molecule has 0 aliphatic rings. The average Bonchev–Trinajstić information content (AvgIpc) is 2.77. The highest BCUT2D eigenvalue weighted by molar-refractivity contribution is 7.21. The van der Waals surface area contributed by atoms with Gasteiger partial charge in [0.15, 0.2) is 12.1 Å². The Morgan fingerprint density at radius 1 is 1.33 bits per heavy atom. The van der Waals surface area contributed by atoms with Gasteiger partial charge in [-0.1, -0.05) is 37.6 Å². The van der Waals surface area contributed by atoms with Gasteiger partial charge in [0, 0.05) is 15.6 Å². The number of aldehydes is 1. The first-order chi connectivity index (χ1) is 8.77. The monoisotopic (exact) mass is 258 g/mol. The third-order valence-electron chi connectivity index (χ3n) is 2.70. The van der Waals surface area contributed by atoms with Gasteiger partial charge in [0.05, 0.1) is 4.88 Å². The van der Waals surface area contributed by atoms with E-state index in [1.165, 1.54) is 11.3 Å². The minimum atomic E-state index is -0.0771. The number of fused-ring (bicyclic) bond motifs is 1. The Balaban J connectivity index is 2.44. The standard InChI is InChI=1S/C15H14O2S/c1-2-3-4-8-13(17)15-12(10-16)11-7-5-6-9-14(11)18-15/h4-10H,2-3H2,1H3/b8-4+. The van der Waals surface area contributed by atoms with Crippen molar-refractivity contribution in [1.82, 2.24) is 0 Å². The van der Waals surface area contributed by atoms with Gasteiger partial charge in [-0.3, -0.25) is 9.59 Å². The molecule has 3 heteroatoms. The fourth-order valence-electron chi connectivity index (χ4n) is 1.80. The zero-order chi connectivity index (χ0) is 13.0. The summed E-state index contributed by atoms with van der Waals surface area (Å²) in [4.78, 5) is 23.7. The molecule has 2 rings (SSSR count). The van der Waals surface area contributed by atoms with Crippen LogP contribution in [0.2, 0.25) is 0 Å². The number of hydrogen-bond donors (Lipinski definition) is 0. The third-order valence-corrected chi connectivity index (χ3v) is 3.90. The number of carbonyl (C=O) groups excluding carboxylic acids is 2. The number of ketones is 1. The third kappa shape index (κ3) is 2.41. The highest BCUT2D eigenvalue weighted by atomic mass is 32.1. The molecule has 0 aliphatic carbocycles. The summed E-state index contributed by atoms with van der Waals surface area (Å²) in [6, 6.07) is 7.60. The van der Waals surface area contributed by atoms with Gasteiger partial charge in [0.1, 0.15) is 0 Å². The fourth-order valence-corrected chi connectivity index (χ4v) is 2.89. The number of thiophene rings is 1. The topological polar surface area (TPSA) is 34.1 Å². The highest BCUT2D eigenvalue weighted by Gasteiger charge is 2.15. The summed E-state index contributed by atoms with van der Waals surface area (Å²) in [6.45, 7) is 2.06. The van der Waals surface area contributed by atoms with E-state index in [-0.39, 0.29) is 5.78 Å². The summed E-state index contributed by atoms with van der Waals surface area (Å²) < 4.78 is 0.979. The molecule has 18 heavy (non-hydrogen) atoms. The Kier molecular flexibility index (Phi) is 4.05. The number of unbranched alkanes of at least 4 members (excludes halogenated alkanes) is 1. The Labute approximate surface area is 110 Å². The first-order valence-electron chi connectivity index (χ1n) is 5.95. The lowest BCUT2D eigenvalue weighted by Gasteiger charge is -1.92. The minimum absolute atomic E-state index is 0.0771. The normalized spacial score (nSPS) is 11.2. The molecule has 0 unspecified atom stereocenters. The molecule has 1 aromatic carbocycles. The van der Waals surface area contributed by atoms with Crippen molar-refractivity contribution in [2.75, 3.05) is 0 Å². The van der Waals surface area contributed by atoms with E-state index in [0.717, 1.165) is 29.2 Å². The van der Waals surface area contributed by atoms with Crippen LogP contribution in [0.4, 0.5) is 0 Å². The van der Waals surface area contributed by atoms with Crippen LogP contribution in [0.3, 0.4) is 0 Å². The molecule has 0 fully saturated rings. The Morgan fingerprint density at radius 3 is 2.83 bits per heavy atom. The van der Waals surface area contributed by atoms with Crippen LogP contribution in [0, 0.1) is 0 Å². The van der Waals surface area contributed by atoms with Crippen LogP contribution < -0.4 is 0 Å². The molecule has 0 N–H and O–H groups in total. The van der Waals surface area contributed by atoms with Gasteiger partial charge in [-0.15, -0.1) is 11.3 Å². The maximum atomic E-state index is 12.0. The van der Waals surface area contributed by atoms with Crippen molar-refractivity contribution >= 4 is 33.5 Å². The zero-order valence-corrected chi connectivity index (χ0v) is 11.0. The smallest absolute Gasteiger partial charge is 0.196 e. The maximum Gasteiger partial charge on any atom is 0.196 e. The molecule has 0 amide bonds. The lowest BCUT2D eigenvalue weighted by molar-refractivity contribution is 0.104. The van der Waals surface area contributed by atoms with Gasteiger partial charge in [-0.2, -0.15) is 0 Å². The maximum absolute atomic E-state index is 12.0. The molecule has 0 atom stereocenters. The SMILES string of the molecule is CCC/C=C/C(=O)c1sc2ccccc2c1C=O. The average molecular weight is 258 g/mol. The van der Waals surface area contributed by atoms with E-state index in [1.807, 2.05) is 30.3 Å². The van der Waals surface area contributed by atoms with Gasteiger partial charge in [-0.25, -0.2) is 0 Å². The molecule has 1 heterocycles. The molecule has 92 valence electrons. The second kappa shape index (κ2) is 5.74. The van der Waals surface area contributed by atoms with Crippen LogP contribution in [0.25, 0.3) is 10.1 Å². The Morgan fingerprint density at radius 2 is 2.11 bits per heavy atom. The van der Waals surface area contributed by atoms with Crippen molar-refractivity contribution in [2.45, 2.75) is 19.8 Å². The summed E-state index contributed by atoms with van der Waals surface area (Å²) in [6.07, 6.45) is 6.10. The predicted octanol–water partition coefficient (Wildman–Crippen LogP) is 4.25. The van der Waals surface area contributed by atoms with Gasteiger partial charge in [0.25, 0.3) is 0 Å². The largest absolute Gasteiger partial charge is 0.298 e. The van der Waals surface area contributed by atoms with E-state index in [2.05, 4.69) is 6.92 Å². The lowest BCUT2D eigenvalue weighted by Crippen LogP contribution is -1.95. The second-order valence-corrected chi connectivity index (χ2v) is 5.07. The highest BCUT2D eigenvalue weighted by Crippen LogP contribution is 2.30. The van der Waals surface area contributed by atoms with Crippen LogP contribution in [-0.4, -0.2) is 12.1 Å². The molecular weight excluding hydrogens is 244 g/mol. The predicted molar refractivity (Wildman–Crippen MR) is 75.6 cm³/mol. The molecule has 0 saturated heterocycles. The molecule has 0 radical (unpaired) electrons. The van der Waals surface area contributed by atoms with Crippen molar-refractivity contribution in [3.05, 3.63) is 46.9 Å². The van der Waals surface area contributed by atoms with Gasteiger partial charge in [-0.05, 0) is 18.6 Å².